The number of hydrogen-bond acceptors (Lipinski definition) is 2. The zero-order chi connectivity index (χ0) is 15.6. The Morgan fingerprint density at radius 2 is 1.91 bits per heavy atom. The number of rotatable bonds is 3. The van der Waals surface area contributed by atoms with Gasteiger partial charge in [0.1, 0.15) is 5.54 Å². The first kappa shape index (κ1) is 14.8. The van der Waals surface area contributed by atoms with Crippen molar-refractivity contribution in [3.63, 3.8) is 0 Å². The van der Waals surface area contributed by atoms with Crippen molar-refractivity contribution in [1.29, 1.82) is 0 Å². The number of aliphatic carboxylic acids is 1. The van der Waals surface area contributed by atoms with E-state index in [1.807, 2.05) is 12.1 Å². The van der Waals surface area contributed by atoms with E-state index in [4.69, 9.17) is 0 Å². The normalized spacial score (nSPS) is 19.3. The average molecular weight is 299 g/mol. The first-order valence-electron chi connectivity index (χ1n) is 7.96. The summed E-state index contributed by atoms with van der Waals surface area (Å²) < 4.78 is 0. The highest BCUT2D eigenvalue weighted by Gasteiger charge is 2.41. The molecule has 3 rings (SSSR count). The number of amides is 1. The van der Waals surface area contributed by atoms with Crippen LogP contribution in [0.5, 0.6) is 0 Å². The van der Waals surface area contributed by atoms with Crippen LogP contribution in [-0.4, -0.2) is 22.5 Å². The van der Waals surface area contributed by atoms with Crippen LogP contribution in [0.2, 0.25) is 0 Å². The summed E-state index contributed by atoms with van der Waals surface area (Å²) >= 11 is 0. The molecular weight excluding hydrogens is 278 g/mol. The Hall–Kier alpha value is -2.10. The molecule has 0 atom stereocenters. The summed E-state index contributed by atoms with van der Waals surface area (Å²) in [7, 11) is 0. The number of fused-ring (bicyclic) bond motifs is 1. The smallest absolute Gasteiger partial charge is 0.329 e. The SMILES string of the molecule is O=C(NC1(C(=O)O)CCCCC1)c1ccc2c(c1)CCC=C2. The summed E-state index contributed by atoms with van der Waals surface area (Å²) in [4.78, 5) is 24.2. The van der Waals surface area contributed by atoms with Gasteiger partial charge in [-0.25, -0.2) is 4.79 Å². The van der Waals surface area contributed by atoms with Crippen molar-refractivity contribution in [2.24, 2.45) is 0 Å². The van der Waals surface area contributed by atoms with Crippen LogP contribution in [0, 0.1) is 0 Å². The van der Waals surface area contributed by atoms with E-state index in [0.29, 0.717) is 18.4 Å². The Morgan fingerprint density at radius 1 is 1.14 bits per heavy atom. The molecule has 4 heteroatoms. The van der Waals surface area contributed by atoms with Crippen LogP contribution in [0.4, 0.5) is 0 Å². The van der Waals surface area contributed by atoms with Gasteiger partial charge in [0.05, 0.1) is 0 Å². The number of carboxylic acid groups (broad SMARTS) is 1. The zero-order valence-corrected chi connectivity index (χ0v) is 12.6. The number of carboxylic acids is 1. The first-order valence-corrected chi connectivity index (χ1v) is 7.96. The summed E-state index contributed by atoms with van der Waals surface area (Å²) in [5.41, 5.74) is 1.77. The van der Waals surface area contributed by atoms with Gasteiger partial charge < -0.3 is 10.4 Å². The highest BCUT2D eigenvalue weighted by molar-refractivity contribution is 5.98. The molecule has 0 heterocycles. The molecule has 0 bridgehead atoms. The minimum Gasteiger partial charge on any atom is -0.480 e. The van der Waals surface area contributed by atoms with Gasteiger partial charge in [-0.1, -0.05) is 37.5 Å². The number of carbonyl (C=O) groups excluding carboxylic acids is 1. The number of benzene rings is 1. The quantitative estimate of drug-likeness (QED) is 0.901. The predicted molar refractivity (Wildman–Crippen MR) is 84.7 cm³/mol. The predicted octanol–water partition coefficient (Wildman–Crippen LogP) is 3.16. The molecule has 116 valence electrons. The highest BCUT2D eigenvalue weighted by Crippen LogP contribution is 2.29. The first-order chi connectivity index (χ1) is 10.6. The molecule has 0 radical (unpaired) electrons. The lowest BCUT2D eigenvalue weighted by Gasteiger charge is -2.34. The molecule has 1 fully saturated rings. The molecule has 4 nitrogen and oxygen atoms in total. The van der Waals surface area contributed by atoms with Crippen LogP contribution in [0.1, 0.15) is 60.0 Å². The molecular formula is C18H21NO3. The number of allylic oxidation sites excluding steroid dienone is 1. The number of aryl methyl sites for hydroxylation is 1. The Kier molecular flexibility index (Phi) is 4.01. The van der Waals surface area contributed by atoms with Crippen molar-refractivity contribution in [2.75, 3.05) is 0 Å². The van der Waals surface area contributed by atoms with Gasteiger partial charge in [0, 0.05) is 5.56 Å². The molecule has 2 N–H and O–H groups in total. The van der Waals surface area contributed by atoms with Crippen molar-refractivity contribution >= 4 is 18.0 Å². The van der Waals surface area contributed by atoms with E-state index in [1.54, 1.807) is 6.07 Å². The van der Waals surface area contributed by atoms with Crippen LogP contribution in [-0.2, 0) is 11.2 Å². The lowest BCUT2D eigenvalue weighted by molar-refractivity contribution is -0.145. The summed E-state index contributed by atoms with van der Waals surface area (Å²) in [6, 6.07) is 5.61. The Bertz CT molecular complexity index is 627. The summed E-state index contributed by atoms with van der Waals surface area (Å²) in [6.45, 7) is 0. The van der Waals surface area contributed by atoms with E-state index in [1.165, 1.54) is 0 Å². The lowest BCUT2D eigenvalue weighted by Crippen LogP contribution is -2.55. The lowest BCUT2D eigenvalue weighted by atomic mass is 9.81. The van der Waals surface area contributed by atoms with E-state index >= 15 is 0 Å². The molecule has 2 aliphatic rings. The molecule has 1 aromatic carbocycles. The fourth-order valence-electron chi connectivity index (χ4n) is 3.41. The van der Waals surface area contributed by atoms with Gasteiger partial charge in [-0.15, -0.1) is 0 Å². The molecule has 0 spiro atoms. The van der Waals surface area contributed by atoms with Crippen molar-refractivity contribution in [3.05, 3.63) is 41.0 Å². The second-order valence-electron chi connectivity index (χ2n) is 6.26. The van der Waals surface area contributed by atoms with Gasteiger partial charge in [0.2, 0.25) is 0 Å². The zero-order valence-electron chi connectivity index (χ0n) is 12.6. The van der Waals surface area contributed by atoms with Gasteiger partial charge in [-0.3, -0.25) is 4.79 Å². The third-order valence-corrected chi connectivity index (χ3v) is 4.75. The van der Waals surface area contributed by atoms with Crippen molar-refractivity contribution in [3.8, 4) is 0 Å². The minimum absolute atomic E-state index is 0.276. The van der Waals surface area contributed by atoms with E-state index in [9.17, 15) is 14.7 Å². The van der Waals surface area contributed by atoms with Crippen molar-refractivity contribution in [1.82, 2.24) is 5.32 Å². The number of hydrogen-bond donors (Lipinski definition) is 2. The molecule has 0 saturated heterocycles. The Balaban J connectivity index is 1.81. The monoisotopic (exact) mass is 299 g/mol. The van der Waals surface area contributed by atoms with Gasteiger partial charge in [-0.05, 0) is 48.9 Å². The van der Waals surface area contributed by atoms with E-state index in [0.717, 1.165) is 43.2 Å². The molecule has 22 heavy (non-hydrogen) atoms. The van der Waals surface area contributed by atoms with Crippen molar-refractivity contribution < 1.29 is 14.7 Å². The third-order valence-electron chi connectivity index (χ3n) is 4.75. The maximum absolute atomic E-state index is 12.5. The maximum Gasteiger partial charge on any atom is 0.329 e. The van der Waals surface area contributed by atoms with Crippen LogP contribution >= 0.6 is 0 Å². The van der Waals surface area contributed by atoms with Gasteiger partial charge >= 0.3 is 5.97 Å². The van der Waals surface area contributed by atoms with Crippen LogP contribution < -0.4 is 5.32 Å². The Morgan fingerprint density at radius 3 is 2.64 bits per heavy atom. The van der Waals surface area contributed by atoms with Crippen LogP contribution in [0.3, 0.4) is 0 Å². The summed E-state index contributed by atoms with van der Waals surface area (Å²) in [6.07, 6.45) is 9.88. The average Bonchev–Trinajstić information content (AvgIpc) is 2.55. The molecule has 2 aliphatic carbocycles. The Labute approximate surface area is 130 Å². The second kappa shape index (κ2) is 5.95. The van der Waals surface area contributed by atoms with Gasteiger partial charge in [-0.2, -0.15) is 0 Å². The van der Waals surface area contributed by atoms with E-state index in [-0.39, 0.29) is 5.91 Å². The van der Waals surface area contributed by atoms with E-state index < -0.39 is 11.5 Å². The fourth-order valence-corrected chi connectivity index (χ4v) is 3.41. The summed E-state index contributed by atoms with van der Waals surface area (Å²) in [5, 5.41) is 12.4. The molecule has 1 saturated carbocycles. The summed E-state index contributed by atoms with van der Waals surface area (Å²) in [5.74, 6) is -1.19. The fraction of sp³-hybridized carbons (Fsp3) is 0.444. The largest absolute Gasteiger partial charge is 0.480 e. The van der Waals surface area contributed by atoms with Crippen LogP contribution in [0.15, 0.2) is 24.3 Å². The number of nitrogens with one attached hydrogen (secondary N) is 1. The molecule has 0 unspecified atom stereocenters. The number of carbonyl (C=O) groups is 2. The van der Waals surface area contributed by atoms with Gasteiger partial charge in [0.15, 0.2) is 0 Å². The van der Waals surface area contributed by atoms with Crippen LogP contribution in [0.25, 0.3) is 6.08 Å². The minimum atomic E-state index is -1.09. The molecule has 0 aliphatic heterocycles. The van der Waals surface area contributed by atoms with Crippen molar-refractivity contribution in [2.45, 2.75) is 50.5 Å². The second-order valence-corrected chi connectivity index (χ2v) is 6.26. The topological polar surface area (TPSA) is 66.4 Å². The standard InChI is InChI=1S/C18H21NO3/c20-16(19-18(17(21)22)10-4-1-5-11-18)15-9-8-13-6-2-3-7-14(13)12-15/h2,6,8-9,12H,1,3-5,7,10-11H2,(H,19,20)(H,21,22). The van der Waals surface area contributed by atoms with Gasteiger partial charge in [0.25, 0.3) is 5.91 Å². The molecule has 1 aromatic rings. The molecule has 0 aromatic heterocycles. The maximum atomic E-state index is 12.5. The third kappa shape index (κ3) is 2.78. The molecule has 1 amide bonds. The van der Waals surface area contributed by atoms with E-state index in [2.05, 4.69) is 17.5 Å². The highest BCUT2D eigenvalue weighted by atomic mass is 16.4.